The number of guanidine groups is 1. The molecule has 0 aromatic heterocycles. The molecular formula is C11H24N4O. The molecular weight excluding hydrogens is 204 g/mol. The van der Waals surface area contributed by atoms with E-state index >= 15 is 0 Å². The summed E-state index contributed by atoms with van der Waals surface area (Å²) >= 11 is 0. The van der Waals surface area contributed by atoms with Gasteiger partial charge in [0.2, 0.25) is 11.9 Å². The fraction of sp³-hybridized carbons (Fsp3) is 0.818. The maximum absolute atomic E-state index is 11.3. The average Bonchev–Trinajstić information content (AvgIpc) is 2.26. The van der Waals surface area contributed by atoms with Crippen LogP contribution in [0.25, 0.3) is 0 Å². The Morgan fingerprint density at radius 2 is 1.62 bits per heavy atom. The van der Waals surface area contributed by atoms with Crippen LogP contribution in [0.2, 0.25) is 0 Å². The van der Waals surface area contributed by atoms with Crippen molar-refractivity contribution >= 4 is 11.9 Å². The van der Waals surface area contributed by atoms with E-state index in [2.05, 4.69) is 6.92 Å². The number of hydrazine groups is 1. The molecule has 0 radical (unpaired) electrons. The van der Waals surface area contributed by atoms with Gasteiger partial charge in [-0.15, -0.1) is 0 Å². The fourth-order valence-electron chi connectivity index (χ4n) is 1.49. The molecule has 0 aliphatic carbocycles. The highest BCUT2D eigenvalue weighted by atomic mass is 16.2. The summed E-state index contributed by atoms with van der Waals surface area (Å²) in [6.45, 7) is 2.19. The lowest BCUT2D eigenvalue weighted by Gasteiger charge is -2.13. The summed E-state index contributed by atoms with van der Waals surface area (Å²) in [6.07, 6.45) is 8.47. The number of rotatable bonds is 8. The Kier molecular flexibility index (Phi) is 8.52. The molecule has 0 aliphatic heterocycles. The van der Waals surface area contributed by atoms with Gasteiger partial charge in [-0.25, -0.2) is 10.9 Å². The normalized spacial score (nSPS) is 10.1. The third-order valence-corrected chi connectivity index (χ3v) is 2.52. The van der Waals surface area contributed by atoms with Gasteiger partial charge in [-0.1, -0.05) is 45.4 Å². The van der Waals surface area contributed by atoms with Crippen molar-refractivity contribution < 1.29 is 4.79 Å². The number of carbonyl (C=O) groups is 1. The summed E-state index contributed by atoms with van der Waals surface area (Å²) < 4.78 is 0. The average molecular weight is 228 g/mol. The first-order chi connectivity index (χ1) is 7.59. The van der Waals surface area contributed by atoms with E-state index in [-0.39, 0.29) is 5.91 Å². The van der Waals surface area contributed by atoms with Gasteiger partial charge >= 0.3 is 0 Å². The molecule has 0 aromatic rings. The number of hydrogen-bond donors (Lipinski definition) is 3. The molecule has 0 saturated heterocycles. The van der Waals surface area contributed by atoms with E-state index in [1.54, 1.807) is 0 Å². The number of amides is 1. The highest BCUT2D eigenvalue weighted by Gasteiger charge is 2.10. The Labute approximate surface area is 97.6 Å². The van der Waals surface area contributed by atoms with Gasteiger partial charge in [0.15, 0.2) is 0 Å². The van der Waals surface area contributed by atoms with E-state index in [0.29, 0.717) is 11.4 Å². The lowest BCUT2D eigenvalue weighted by molar-refractivity contribution is -0.127. The van der Waals surface area contributed by atoms with Crippen molar-refractivity contribution in [1.82, 2.24) is 5.01 Å². The van der Waals surface area contributed by atoms with Crippen molar-refractivity contribution in [3.05, 3.63) is 0 Å². The predicted molar refractivity (Wildman–Crippen MR) is 65.6 cm³/mol. The van der Waals surface area contributed by atoms with E-state index < -0.39 is 5.96 Å². The summed E-state index contributed by atoms with van der Waals surface area (Å²) in [5, 5.41) is 7.69. The van der Waals surface area contributed by atoms with Gasteiger partial charge in [0.05, 0.1) is 0 Å². The monoisotopic (exact) mass is 228 g/mol. The summed E-state index contributed by atoms with van der Waals surface area (Å²) in [6, 6.07) is 0. The molecule has 5 N–H and O–H groups in total. The van der Waals surface area contributed by atoms with Gasteiger partial charge in [-0.05, 0) is 6.42 Å². The molecule has 5 heteroatoms. The molecule has 1 amide bonds. The number of nitrogens with zero attached hydrogens (tertiary/aromatic N) is 1. The van der Waals surface area contributed by atoms with Crippen LogP contribution in [0.1, 0.15) is 58.3 Å². The first-order valence-electron chi connectivity index (χ1n) is 6.01. The first-order valence-corrected chi connectivity index (χ1v) is 6.01. The highest BCUT2D eigenvalue weighted by molar-refractivity contribution is 5.93. The quantitative estimate of drug-likeness (QED) is 0.147. The van der Waals surface area contributed by atoms with Crippen LogP contribution >= 0.6 is 0 Å². The standard InChI is InChI=1S/C11H24N4O/c1-2-3-4-5-6-7-8-9-10(16)15(14)11(12)13/h2-9,14H2,1H3,(H3,12,13). The molecule has 0 atom stereocenters. The zero-order valence-corrected chi connectivity index (χ0v) is 10.2. The molecule has 0 aromatic carbocycles. The number of nitrogens with two attached hydrogens (primary N) is 2. The largest absolute Gasteiger partial charge is 0.369 e. The maximum Gasteiger partial charge on any atom is 0.243 e. The van der Waals surface area contributed by atoms with E-state index in [0.717, 1.165) is 19.3 Å². The fourth-order valence-corrected chi connectivity index (χ4v) is 1.49. The molecule has 16 heavy (non-hydrogen) atoms. The van der Waals surface area contributed by atoms with Crippen LogP contribution in [0, 0.1) is 5.41 Å². The van der Waals surface area contributed by atoms with Crippen LogP contribution in [0.3, 0.4) is 0 Å². The minimum atomic E-state index is -0.395. The van der Waals surface area contributed by atoms with E-state index in [1.807, 2.05) is 0 Å². The van der Waals surface area contributed by atoms with Crippen LogP contribution in [-0.2, 0) is 4.79 Å². The molecule has 94 valence electrons. The van der Waals surface area contributed by atoms with Crippen molar-refractivity contribution in [2.45, 2.75) is 58.3 Å². The first kappa shape index (κ1) is 14.9. The topological polar surface area (TPSA) is 96.2 Å². The van der Waals surface area contributed by atoms with Gasteiger partial charge in [-0.3, -0.25) is 10.2 Å². The van der Waals surface area contributed by atoms with Gasteiger partial charge in [-0.2, -0.15) is 0 Å². The van der Waals surface area contributed by atoms with Crippen LogP contribution in [0.4, 0.5) is 0 Å². The van der Waals surface area contributed by atoms with Crippen molar-refractivity contribution in [3.63, 3.8) is 0 Å². The van der Waals surface area contributed by atoms with E-state index in [4.69, 9.17) is 17.0 Å². The summed E-state index contributed by atoms with van der Waals surface area (Å²) in [7, 11) is 0. The Morgan fingerprint density at radius 1 is 1.12 bits per heavy atom. The second kappa shape index (κ2) is 9.15. The van der Waals surface area contributed by atoms with Gasteiger partial charge < -0.3 is 5.73 Å². The Hall–Kier alpha value is -1.10. The zero-order chi connectivity index (χ0) is 12.4. The molecule has 0 unspecified atom stereocenters. The maximum atomic E-state index is 11.3. The predicted octanol–water partition coefficient (Wildman–Crippen LogP) is 1.72. The van der Waals surface area contributed by atoms with E-state index in [1.165, 1.54) is 25.7 Å². The molecule has 0 aliphatic rings. The molecule has 0 saturated carbocycles. The third-order valence-electron chi connectivity index (χ3n) is 2.52. The van der Waals surface area contributed by atoms with Gasteiger partial charge in [0.1, 0.15) is 0 Å². The van der Waals surface area contributed by atoms with Crippen molar-refractivity contribution in [1.29, 1.82) is 5.41 Å². The van der Waals surface area contributed by atoms with Crippen LogP contribution in [0.5, 0.6) is 0 Å². The van der Waals surface area contributed by atoms with Crippen LogP contribution in [-0.4, -0.2) is 16.9 Å². The van der Waals surface area contributed by atoms with Crippen LogP contribution in [0.15, 0.2) is 0 Å². The smallest absolute Gasteiger partial charge is 0.243 e. The Bertz CT molecular complexity index is 218. The van der Waals surface area contributed by atoms with Crippen molar-refractivity contribution in [3.8, 4) is 0 Å². The molecule has 0 bridgehead atoms. The lowest BCUT2D eigenvalue weighted by Crippen LogP contribution is -2.46. The Morgan fingerprint density at radius 3 is 2.12 bits per heavy atom. The second-order valence-corrected chi connectivity index (χ2v) is 4.02. The summed E-state index contributed by atoms with van der Waals surface area (Å²) in [5.41, 5.74) is 5.09. The molecule has 0 spiro atoms. The van der Waals surface area contributed by atoms with Crippen LogP contribution < -0.4 is 11.6 Å². The Balaban J connectivity index is 3.38. The minimum absolute atomic E-state index is 0.277. The molecule has 0 fully saturated rings. The lowest BCUT2D eigenvalue weighted by atomic mass is 10.1. The van der Waals surface area contributed by atoms with Gasteiger partial charge in [0.25, 0.3) is 0 Å². The third kappa shape index (κ3) is 7.23. The molecule has 5 nitrogen and oxygen atoms in total. The second-order valence-electron chi connectivity index (χ2n) is 4.02. The van der Waals surface area contributed by atoms with Gasteiger partial charge in [0, 0.05) is 6.42 Å². The van der Waals surface area contributed by atoms with E-state index in [9.17, 15) is 4.79 Å². The zero-order valence-electron chi connectivity index (χ0n) is 10.2. The highest BCUT2D eigenvalue weighted by Crippen LogP contribution is 2.08. The molecule has 0 heterocycles. The summed E-state index contributed by atoms with van der Waals surface area (Å²) in [5.74, 6) is 4.60. The number of hydrogen-bond acceptors (Lipinski definition) is 3. The SMILES string of the molecule is CCCCCCCCCC(=O)N(N)C(=N)N. The molecule has 0 rings (SSSR count). The van der Waals surface area contributed by atoms with Crippen molar-refractivity contribution in [2.75, 3.05) is 0 Å². The van der Waals surface area contributed by atoms with Crippen molar-refractivity contribution in [2.24, 2.45) is 11.6 Å². The minimum Gasteiger partial charge on any atom is -0.369 e. The number of nitrogens with one attached hydrogen (secondary N) is 1. The number of unbranched alkanes of at least 4 members (excludes halogenated alkanes) is 6. The number of carbonyl (C=O) groups excluding carboxylic acids is 1. The summed E-state index contributed by atoms with van der Waals surface area (Å²) in [4.78, 5) is 11.3.